The van der Waals surface area contributed by atoms with E-state index >= 15 is 0 Å². The van der Waals surface area contributed by atoms with Crippen LogP contribution in [0, 0.1) is 10.1 Å². The number of hydrogen-bond donors (Lipinski definition) is 0. The molecule has 0 saturated carbocycles. The molecule has 0 radical (unpaired) electrons. The second-order valence-electron chi connectivity index (χ2n) is 3.01. The third-order valence-electron chi connectivity index (χ3n) is 1.89. The zero-order valence-electron chi connectivity index (χ0n) is 9.02. The summed E-state index contributed by atoms with van der Waals surface area (Å²) in [6, 6.07) is 0.605. The number of hydrogen-bond acceptors (Lipinski definition) is 5. The highest BCUT2D eigenvalue weighted by Crippen LogP contribution is 2.31. The van der Waals surface area contributed by atoms with Gasteiger partial charge in [-0.3, -0.25) is 10.1 Å². The maximum absolute atomic E-state index is 12.7. The molecule has 0 unspecified atom stereocenters. The molecule has 0 spiro atoms. The highest BCUT2D eigenvalue weighted by Gasteiger charge is 2.27. The molecule has 9 heteroatoms. The zero-order chi connectivity index (χ0) is 13.9. The molecule has 1 aromatic heterocycles. The van der Waals surface area contributed by atoms with E-state index < -0.39 is 34.3 Å². The first kappa shape index (κ1) is 14.4. The van der Waals surface area contributed by atoms with Gasteiger partial charge >= 0.3 is 11.7 Å². The van der Waals surface area contributed by atoms with Crippen molar-refractivity contribution in [3.05, 3.63) is 32.0 Å². The van der Waals surface area contributed by atoms with Gasteiger partial charge in [0.25, 0.3) is 6.43 Å². The SMILES string of the molecule is CCOC(=O)c1nc(Br)c([N+](=O)[O-])cc1C(F)F. The van der Waals surface area contributed by atoms with Crippen molar-refractivity contribution >= 4 is 27.6 Å². The topological polar surface area (TPSA) is 82.3 Å². The summed E-state index contributed by atoms with van der Waals surface area (Å²) in [7, 11) is 0. The monoisotopic (exact) mass is 324 g/mol. The largest absolute Gasteiger partial charge is 0.461 e. The second-order valence-corrected chi connectivity index (χ2v) is 3.77. The number of rotatable bonds is 4. The first-order chi connectivity index (χ1) is 8.38. The maximum Gasteiger partial charge on any atom is 0.357 e. The van der Waals surface area contributed by atoms with Gasteiger partial charge in [-0.2, -0.15) is 0 Å². The van der Waals surface area contributed by atoms with Crippen molar-refractivity contribution in [3.8, 4) is 0 Å². The molecule has 0 aromatic carbocycles. The molecule has 0 aliphatic heterocycles. The van der Waals surface area contributed by atoms with Gasteiger partial charge in [0.1, 0.15) is 0 Å². The van der Waals surface area contributed by atoms with E-state index in [0.29, 0.717) is 6.07 Å². The summed E-state index contributed by atoms with van der Waals surface area (Å²) in [5.74, 6) is -1.05. The van der Waals surface area contributed by atoms with E-state index in [4.69, 9.17) is 0 Å². The molecule has 0 amide bonds. The Balaban J connectivity index is 3.38. The fourth-order valence-corrected chi connectivity index (χ4v) is 1.59. The van der Waals surface area contributed by atoms with Crippen molar-refractivity contribution in [1.82, 2.24) is 4.98 Å². The Kier molecular flexibility index (Phi) is 4.65. The lowest BCUT2D eigenvalue weighted by Gasteiger charge is -2.07. The maximum atomic E-state index is 12.7. The van der Waals surface area contributed by atoms with E-state index in [0.717, 1.165) is 0 Å². The van der Waals surface area contributed by atoms with Gasteiger partial charge in [0.2, 0.25) is 0 Å². The number of ether oxygens (including phenoxy) is 1. The molecule has 6 nitrogen and oxygen atoms in total. The summed E-state index contributed by atoms with van der Waals surface area (Å²) < 4.78 is 29.7. The Bertz CT molecular complexity index is 496. The Morgan fingerprint density at radius 1 is 1.67 bits per heavy atom. The summed E-state index contributed by atoms with van der Waals surface area (Å²) in [6.07, 6.45) is -3.07. The number of carbonyl (C=O) groups is 1. The molecule has 1 aromatic rings. The lowest BCUT2D eigenvalue weighted by molar-refractivity contribution is -0.386. The number of nitrogens with zero attached hydrogens (tertiary/aromatic N) is 2. The first-order valence-corrected chi connectivity index (χ1v) is 5.47. The van der Waals surface area contributed by atoms with E-state index in [9.17, 15) is 23.7 Å². The minimum Gasteiger partial charge on any atom is -0.461 e. The van der Waals surface area contributed by atoms with Crippen molar-refractivity contribution in [2.24, 2.45) is 0 Å². The van der Waals surface area contributed by atoms with Crippen molar-refractivity contribution in [2.45, 2.75) is 13.3 Å². The molecule has 0 aliphatic carbocycles. The van der Waals surface area contributed by atoms with E-state index in [1.165, 1.54) is 6.92 Å². The number of nitro groups is 1. The smallest absolute Gasteiger partial charge is 0.357 e. The van der Waals surface area contributed by atoms with Crippen LogP contribution < -0.4 is 0 Å². The Hall–Kier alpha value is -1.64. The summed E-state index contributed by atoms with van der Waals surface area (Å²) in [5, 5.41) is 10.6. The molecule has 98 valence electrons. The van der Waals surface area contributed by atoms with Crippen LogP contribution in [-0.2, 0) is 4.74 Å². The molecule has 0 saturated heterocycles. The predicted octanol–water partition coefficient (Wildman–Crippen LogP) is 2.87. The Labute approximate surface area is 108 Å². The number of alkyl halides is 2. The van der Waals surface area contributed by atoms with Crippen molar-refractivity contribution in [1.29, 1.82) is 0 Å². The van der Waals surface area contributed by atoms with Crippen LogP contribution in [0.1, 0.15) is 29.4 Å². The van der Waals surface area contributed by atoms with Gasteiger partial charge < -0.3 is 4.74 Å². The van der Waals surface area contributed by atoms with Crippen molar-refractivity contribution < 1.29 is 23.2 Å². The van der Waals surface area contributed by atoms with Gasteiger partial charge in [0, 0.05) is 6.07 Å². The Morgan fingerprint density at radius 3 is 2.72 bits per heavy atom. The third-order valence-corrected chi connectivity index (χ3v) is 2.47. The molecule has 0 bridgehead atoms. The van der Waals surface area contributed by atoms with Gasteiger partial charge in [-0.1, -0.05) is 0 Å². The molecule has 0 fully saturated rings. The number of halogens is 3. The lowest BCUT2D eigenvalue weighted by atomic mass is 10.2. The van der Waals surface area contributed by atoms with Gasteiger partial charge in [-0.05, 0) is 22.9 Å². The van der Waals surface area contributed by atoms with E-state index in [2.05, 4.69) is 25.7 Å². The van der Waals surface area contributed by atoms with Crippen LogP contribution >= 0.6 is 15.9 Å². The summed E-state index contributed by atoms with van der Waals surface area (Å²) in [4.78, 5) is 24.6. The summed E-state index contributed by atoms with van der Waals surface area (Å²) >= 11 is 2.74. The predicted molar refractivity (Wildman–Crippen MR) is 59.5 cm³/mol. The molecular weight excluding hydrogens is 318 g/mol. The first-order valence-electron chi connectivity index (χ1n) is 4.68. The van der Waals surface area contributed by atoms with Gasteiger partial charge in [-0.15, -0.1) is 0 Å². The normalized spacial score (nSPS) is 10.5. The molecule has 1 heterocycles. The average molecular weight is 325 g/mol. The molecule has 0 atom stereocenters. The standard InChI is InChI=1S/C9H7BrF2N2O4/c1-2-18-9(15)6-4(8(11)12)3-5(14(16)17)7(10)13-6/h3,8H,2H2,1H3. The number of carbonyl (C=O) groups excluding carboxylic acids is 1. The van der Waals surface area contributed by atoms with Crippen LogP contribution in [0.25, 0.3) is 0 Å². The Morgan fingerprint density at radius 2 is 2.28 bits per heavy atom. The minimum atomic E-state index is -3.07. The number of aromatic nitrogens is 1. The average Bonchev–Trinajstić information content (AvgIpc) is 2.27. The van der Waals surface area contributed by atoms with Crippen molar-refractivity contribution in [2.75, 3.05) is 6.61 Å². The van der Waals surface area contributed by atoms with Gasteiger partial charge in [0.15, 0.2) is 10.3 Å². The number of pyridine rings is 1. The van der Waals surface area contributed by atoms with E-state index in [1.807, 2.05) is 0 Å². The molecule has 1 rings (SSSR count). The van der Waals surface area contributed by atoms with Crippen molar-refractivity contribution in [3.63, 3.8) is 0 Å². The fraction of sp³-hybridized carbons (Fsp3) is 0.333. The van der Waals surface area contributed by atoms with Crippen LogP contribution in [-0.4, -0.2) is 22.5 Å². The van der Waals surface area contributed by atoms with Crippen LogP contribution in [0.2, 0.25) is 0 Å². The van der Waals surface area contributed by atoms with Crippen LogP contribution in [0.4, 0.5) is 14.5 Å². The molecule has 0 N–H and O–H groups in total. The molecule has 0 aliphatic rings. The van der Waals surface area contributed by atoms with Crippen LogP contribution in [0.15, 0.2) is 10.7 Å². The van der Waals surface area contributed by atoms with Gasteiger partial charge in [-0.25, -0.2) is 18.6 Å². The fourth-order valence-electron chi connectivity index (χ4n) is 1.15. The molecular formula is C9H7BrF2N2O4. The quantitative estimate of drug-likeness (QED) is 0.368. The van der Waals surface area contributed by atoms with E-state index in [1.54, 1.807) is 0 Å². The second kappa shape index (κ2) is 5.80. The zero-order valence-corrected chi connectivity index (χ0v) is 10.6. The lowest BCUT2D eigenvalue weighted by Crippen LogP contribution is -2.12. The third kappa shape index (κ3) is 2.97. The van der Waals surface area contributed by atoms with Crippen LogP contribution in [0.3, 0.4) is 0 Å². The highest BCUT2D eigenvalue weighted by molar-refractivity contribution is 9.10. The number of esters is 1. The van der Waals surface area contributed by atoms with Crippen LogP contribution in [0.5, 0.6) is 0 Å². The van der Waals surface area contributed by atoms with E-state index in [-0.39, 0.29) is 11.2 Å². The van der Waals surface area contributed by atoms with Gasteiger partial charge in [0.05, 0.1) is 17.1 Å². The highest BCUT2D eigenvalue weighted by atomic mass is 79.9. The summed E-state index contributed by atoms with van der Waals surface area (Å²) in [6.45, 7) is 1.48. The molecule has 18 heavy (non-hydrogen) atoms. The summed E-state index contributed by atoms with van der Waals surface area (Å²) in [5.41, 5.74) is -2.11. The minimum absolute atomic E-state index is 0.0161.